The van der Waals surface area contributed by atoms with Gasteiger partial charge in [-0.1, -0.05) is 50.6 Å². The molecule has 1 saturated carbocycles. The van der Waals surface area contributed by atoms with Gasteiger partial charge in [-0.05, 0) is 48.6 Å². The van der Waals surface area contributed by atoms with Crippen LogP contribution in [-0.2, 0) is 10.8 Å². The van der Waals surface area contributed by atoms with Gasteiger partial charge in [-0.3, -0.25) is 10.7 Å². The Morgan fingerprint density at radius 1 is 1.13 bits per heavy atom. The molecule has 1 fully saturated rings. The maximum Gasteiger partial charge on any atom is 0.123 e. The van der Waals surface area contributed by atoms with Crippen LogP contribution >= 0.6 is 0 Å². The van der Waals surface area contributed by atoms with Crippen molar-refractivity contribution in [3.8, 4) is 0 Å². The second kappa shape index (κ2) is 5.34. The van der Waals surface area contributed by atoms with Crippen molar-refractivity contribution in [3.05, 3.63) is 65.0 Å². The average molecular weight is 313 g/mol. The summed E-state index contributed by atoms with van der Waals surface area (Å²) in [6.45, 7) is 8.69. The molecule has 2 atom stereocenters. The number of anilines is 1. The monoisotopic (exact) mass is 313 g/mol. The van der Waals surface area contributed by atoms with Gasteiger partial charge >= 0.3 is 0 Å². The van der Waals surface area contributed by atoms with Crippen LogP contribution in [0.1, 0.15) is 43.9 Å². The van der Waals surface area contributed by atoms with E-state index in [0.29, 0.717) is 11.6 Å². The fraction of sp³-hybridized carbons (Fsp3) is 0.400. The van der Waals surface area contributed by atoms with Crippen LogP contribution in [0.4, 0.5) is 10.1 Å². The molecule has 0 aliphatic heterocycles. The van der Waals surface area contributed by atoms with E-state index >= 15 is 0 Å². The molecule has 0 unspecified atom stereocenters. The lowest BCUT2D eigenvalue weighted by Gasteiger charge is -2.29. The second-order valence-electron chi connectivity index (χ2n) is 7.30. The van der Waals surface area contributed by atoms with Gasteiger partial charge in [-0.2, -0.15) is 0 Å². The summed E-state index contributed by atoms with van der Waals surface area (Å²) < 4.78 is 13.8. The minimum Gasteiger partial charge on any atom is -0.291 e. The molecule has 2 N–H and O–H groups in total. The first-order chi connectivity index (χ1) is 10.8. The Balaban J connectivity index is 2.13. The first-order valence-electron chi connectivity index (χ1n) is 8.12. The van der Waals surface area contributed by atoms with Crippen LogP contribution in [0.25, 0.3) is 0 Å². The van der Waals surface area contributed by atoms with Crippen molar-refractivity contribution in [1.82, 2.24) is 0 Å². The Bertz CT molecular complexity index is 725. The van der Waals surface area contributed by atoms with Crippen LogP contribution in [-0.4, -0.2) is 5.21 Å². The van der Waals surface area contributed by atoms with Crippen molar-refractivity contribution in [1.29, 1.82) is 0 Å². The Morgan fingerprint density at radius 2 is 1.78 bits per heavy atom. The van der Waals surface area contributed by atoms with Gasteiger partial charge < -0.3 is 0 Å². The minimum atomic E-state index is -0.270. The summed E-state index contributed by atoms with van der Waals surface area (Å²) in [4.78, 5) is 0. The molecule has 0 heterocycles. The van der Waals surface area contributed by atoms with E-state index in [1.54, 1.807) is 12.1 Å². The predicted octanol–water partition coefficient (Wildman–Crippen LogP) is 5.19. The number of benzene rings is 2. The van der Waals surface area contributed by atoms with Crippen LogP contribution in [0.15, 0.2) is 42.5 Å². The maximum absolute atomic E-state index is 13.8. The molecule has 2 aromatic rings. The molecule has 0 bridgehead atoms. The topological polar surface area (TPSA) is 32.3 Å². The summed E-state index contributed by atoms with van der Waals surface area (Å²) >= 11 is 0. The molecule has 2 nitrogen and oxygen atoms in total. The second-order valence-corrected chi connectivity index (χ2v) is 7.30. The Hall–Kier alpha value is -1.87. The van der Waals surface area contributed by atoms with Gasteiger partial charge in [0.15, 0.2) is 0 Å². The molecule has 1 aliphatic carbocycles. The largest absolute Gasteiger partial charge is 0.291 e. The third kappa shape index (κ3) is 2.26. The van der Waals surface area contributed by atoms with E-state index in [9.17, 15) is 9.60 Å². The van der Waals surface area contributed by atoms with Crippen molar-refractivity contribution in [2.75, 3.05) is 5.48 Å². The Kier molecular flexibility index (Phi) is 3.72. The highest BCUT2D eigenvalue weighted by atomic mass is 19.1. The summed E-state index contributed by atoms with van der Waals surface area (Å²) in [5, 5.41) is 9.44. The number of rotatable bonds is 4. The van der Waals surface area contributed by atoms with E-state index in [4.69, 9.17) is 0 Å². The third-order valence-electron chi connectivity index (χ3n) is 5.74. The summed E-state index contributed by atoms with van der Waals surface area (Å²) in [6, 6.07) is 13.2. The van der Waals surface area contributed by atoms with Gasteiger partial charge in [0, 0.05) is 10.8 Å². The lowest BCUT2D eigenvalue weighted by Crippen LogP contribution is -2.26. The smallest absolute Gasteiger partial charge is 0.123 e. The molecular formula is C20H24FNO. The van der Waals surface area contributed by atoms with Crippen LogP contribution in [0.2, 0.25) is 0 Å². The van der Waals surface area contributed by atoms with Gasteiger partial charge in [-0.15, -0.1) is 0 Å². The molecule has 3 rings (SSSR count). The highest BCUT2D eigenvalue weighted by Gasteiger charge is 2.67. The number of hydrogen-bond donors (Lipinski definition) is 2. The van der Waals surface area contributed by atoms with E-state index < -0.39 is 0 Å². The molecule has 3 heteroatoms. The molecule has 122 valence electrons. The number of aryl methyl sites for hydroxylation is 1. The predicted molar refractivity (Wildman–Crippen MR) is 91.5 cm³/mol. The van der Waals surface area contributed by atoms with E-state index in [1.165, 1.54) is 17.2 Å². The van der Waals surface area contributed by atoms with Crippen molar-refractivity contribution < 1.29 is 9.60 Å². The summed E-state index contributed by atoms with van der Waals surface area (Å²) in [6.07, 6.45) is 0.943. The van der Waals surface area contributed by atoms with Gasteiger partial charge in [0.25, 0.3) is 0 Å². The Labute approximate surface area is 137 Å². The van der Waals surface area contributed by atoms with Gasteiger partial charge in [-0.25, -0.2) is 4.39 Å². The molecule has 0 amide bonds. The van der Waals surface area contributed by atoms with E-state index in [0.717, 1.165) is 12.0 Å². The van der Waals surface area contributed by atoms with Crippen molar-refractivity contribution >= 4 is 5.69 Å². The SMILES string of the molecule is Cc1ccc([C@@]2(C(C)C)C[C@@]2(C)c2cc(F)ccc2NO)cc1. The summed E-state index contributed by atoms with van der Waals surface area (Å²) in [7, 11) is 0. The zero-order valence-corrected chi connectivity index (χ0v) is 14.2. The lowest BCUT2D eigenvalue weighted by molar-refractivity contribution is 0.383. The molecule has 0 saturated heterocycles. The maximum atomic E-state index is 13.8. The highest BCUT2D eigenvalue weighted by molar-refractivity contribution is 5.61. The van der Waals surface area contributed by atoms with Gasteiger partial charge in [0.1, 0.15) is 5.82 Å². The van der Waals surface area contributed by atoms with Gasteiger partial charge in [0.05, 0.1) is 5.69 Å². The van der Waals surface area contributed by atoms with E-state index in [1.807, 2.05) is 0 Å². The average Bonchev–Trinajstić information content (AvgIpc) is 3.17. The number of nitrogens with one attached hydrogen (secondary N) is 1. The third-order valence-corrected chi connectivity index (χ3v) is 5.74. The molecule has 0 radical (unpaired) electrons. The molecule has 2 aromatic carbocycles. The standard InChI is InChI=1S/C20H24FNO/c1-13(2)20(15-7-5-14(3)6-8-15)12-19(20,4)17-11-16(21)9-10-18(17)22-23/h5-11,13,22-23H,12H2,1-4H3/t19-,20-/m0/s1. The van der Waals surface area contributed by atoms with Crippen LogP contribution in [0, 0.1) is 18.7 Å². The molecule has 1 aliphatic rings. The minimum absolute atomic E-state index is 0.0416. The van der Waals surface area contributed by atoms with Gasteiger partial charge in [0.2, 0.25) is 0 Å². The lowest BCUT2D eigenvalue weighted by atomic mass is 9.75. The normalized spacial score (nSPS) is 26.4. The summed E-state index contributed by atoms with van der Waals surface area (Å²) in [5.74, 6) is 0.138. The van der Waals surface area contributed by atoms with Crippen LogP contribution in [0.3, 0.4) is 0 Å². The fourth-order valence-corrected chi connectivity index (χ4v) is 4.37. The summed E-state index contributed by atoms with van der Waals surface area (Å²) in [5.41, 5.74) is 5.94. The zero-order chi connectivity index (χ0) is 16.8. The molecule has 23 heavy (non-hydrogen) atoms. The molecular weight excluding hydrogens is 289 g/mol. The molecule has 0 aromatic heterocycles. The zero-order valence-electron chi connectivity index (χ0n) is 14.2. The number of hydrogen-bond acceptors (Lipinski definition) is 2. The van der Waals surface area contributed by atoms with E-state index in [2.05, 4.69) is 57.4 Å². The van der Waals surface area contributed by atoms with Crippen molar-refractivity contribution in [2.24, 2.45) is 5.92 Å². The van der Waals surface area contributed by atoms with Crippen molar-refractivity contribution in [3.63, 3.8) is 0 Å². The fourth-order valence-electron chi connectivity index (χ4n) is 4.37. The van der Waals surface area contributed by atoms with Crippen LogP contribution in [0.5, 0.6) is 0 Å². The number of halogens is 1. The molecule has 0 spiro atoms. The first kappa shape index (κ1) is 16.0. The quantitative estimate of drug-likeness (QED) is 0.761. The van der Waals surface area contributed by atoms with Crippen LogP contribution < -0.4 is 5.48 Å². The van der Waals surface area contributed by atoms with Crippen molar-refractivity contribution in [2.45, 2.75) is 44.9 Å². The highest BCUT2D eigenvalue weighted by Crippen LogP contribution is 2.69. The van der Waals surface area contributed by atoms with E-state index in [-0.39, 0.29) is 16.6 Å². The first-order valence-corrected chi connectivity index (χ1v) is 8.12. The Morgan fingerprint density at radius 3 is 2.35 bits per heavy atom.